The molecule has 2 heterocycles. The van der Waals surface area contributed by atoms with Crippen LogP contribution in [0.1, 0.15) is 49.9 Å². The van der Waals surface area contributed by atoms with Crippen LogP contribution in [0.3, 0.4) is 0 Å². The Hall–Kier alpha value is -4.77. The molecule has 4 heteroatoms. The molecule has 1 saturated heterocycles. The quantitative estimate of drug-likeness (QED) is 0.186. The third kappa shape index (κ3) is 4.40. The molecule has 224 valence electrons. The van der Waals surface area contributed by atoms with Crippen LogP contribution >= 0.6 is 0 Å². The highest BCUT2D eigenvalue weighted by atomic mass is 16.7. The Bertz CT molecular complexity index is 1980. The van der Waals surface area contributed by atoms with E-state index in [9.17, 15) is 0 Å². The highest BCUT2D eigenvalue weighted by Crippen LogP contribution is 2.56. The van der Waals surface area contributed by atoms with Gasteiger partial charge in [0, 0.05) is 11.8 Å². The summed E-state index contributed by atoms with van der Waals surface area (Å²) < 4.78 is 13.1. The molecule has 0 unspecified atom stereocenters. The summed E-state index contributed by atoms with van der Waals surface area (Å²) in [6, 6.07) is 50.4. The van der Waals surface area contributed by atoms with Crippen molar-refractivity contribution in [2.24, 2.45) is 0 Å². The van der Waals surface area contributed by atoms with Gasteiger partial charge >= 0.3 is 7.12 Å². The van der Waals surface area contributed by atoms with Gasteiger partial charge in [-0.05, 0) is 95.9 Å². The molecular formula is C42H36BNO2. The normalized spacial score (nSPS) is 17.0. The first-order valence-corrected chi connectivity index (χ1v) is 16.1. The van der Waals surface area contributed by atoms with Gasteiger partial charge in [-0.2, -0.15) is 0 Å². The van der Waals surface area contributed by atoms with Crippen LogP contribution in [0.5, 0.6) is 0 Å². The van der Waals surface area contributed by atoms with Gasteiger partial charge in [0.25, 0.3) is 0 Å². The molecular weight excluding hydrogens is 561 g/mol. The Morgan fingerprint density at radius 3 is 1.61 bits per heavy atom. The molecule has 2 aliphatic rings. The summed E-state index contributed by atoms with van der Waals surface area (Å²) in [6.45, 7) is 8.44. The molecule has 0 amide bonds. The molecule has 1 fully saturated rings. The maximum absolute atomic E-state index is 6.56. The lowest BCUT2D eigenvalue weighted by molar-refractivity contribution is 0.00578. The smallest absolute Gasteiger partial charge is 0.399 e. The molecule has 8 rings (SSSR count). The molecule has 46 heavy (non-hydrogen) atoms. The lowest BCUT2D eigenvalue weighted by Crippen LogP contribution is -2.41. The standard InChI is InChI=1S/C42H36BNO2/c1-40(2)41(3,4)46-43(45-40)34-23-25-36-35-24-22-31(29-18-20-30(21-19-29)39-17-11-12-26-44-39)27-37(35)42(38(36)28-34,32-13-7-5-8-14-32)33-15-9-6-10-16-33/h5-28H,1-4H3. The monoisotopic (exact) mass is 597 g/mol. The van der Waals surface area contributed by atoms with Crippen molar-refractivity contribution < 1.29 is 9.31 Å². The van der Waals surface area contributed by atoms with Gasteiger partial charge < -0.3 is 9.31 Å². The van der Waals surface area contributed by atoms with Gasteiger partial charge in [-0.3, -0.25) is 4.98 Å². The first kappa shape index (κ1) is 28.7. The molecule has 1 aliphatic carbocycles. The van der Waals surface area contributed by atoms with Crippen LogP contribution in [0.2, 0.25) is 0 Å². The van der Waals surface area contributed by atoms with Gasteiger partial charge in [0.1, 0.15) is 0 Å². The number of fused-ring (bicyclic) bond motifs is 3. The van der Waals surface area contributed by atoms with Crippen LogP contribution in [0.4, 0.5) is 0 Å². The number of pyridine rings is 1. The Kier molecular flexibility index (Phi) is 6.65. The summed E-state index contributed by atoms with van der Waals surface area (Å²) in [5, 5.41) is 0. The van der Waals surface area contributed by atoms with E-state index in [4.69, 9.17) is 9.31 Å². The van der Waals surface area contributed by atoms with Gasteiger partial charge in [0.15, 0.2) is 0 Å². The third-order valence-electron chi connectivity index (χ3n) is 10.3. The zero-order valence-electron chi connectivity index (χ0n) is 26.7. The third-order valence-corrected chi connectivity index (χ3v) is 10.3. The van der Waals surface area contributed by atoms with Crippen molar-refractivity contribution in [1.29, 1.82) is 0 Å². The molecule has 1 aromatic heterocycles. The van der Waals surface area contributed by atoms with Crippen molar-refractivity contribution in [2.75, 3.05) is 0 Å². The van der Waals surface area contributed by atoms with E-state index in [0.29, 0.717) is 0 Å². The number of benzene rings is 5. The molecule has 6 aromatic rings. The second-order valence-corrected chi connectivity index (χ2v) is 13.4. The number of hydrogen-bond acceptors (Lipinski definition) is 3. The number of aromatic nitrogens is 1. The van der Waals surface area contributed by atoms with Crippen molar-refractivity contribution in [2.45, 2.75) is 44.3 Å². The first-order chi connectivity index (χ1) is 22.3. The maximum Gasteiger partial charge on any atom is 0.494 e. The molecule has 5 aromatic carbocycles. The van der Waals surface area contributed by atoms with Gasteiger partial charge in [0.2, 0.25) is 0 Å². The van der Waals surface area contributed by atoms with Crippen molar-refractivity contribution in [3.8, 4) is 33.5 Å². The van der Waals surface area contributed by atoms with Crippen molar-refractivity contribution in [3.05, 3.63) is 168 Å². The van der Waals surface area contributed by atoms with Crippen LogP contribution < -0.4 is 5.46 Å². The van der Waals surface area contributed by atoms with E-state index in [0.717, 1.165) is 16.7 Å². The van der Waals surface area contributed by atoms with Gasteiger partial charge in [-0.1, -0.05) is 121 Å². The summed E-state index contributed by atoms with van der Waals surface area (Å²) in [7, 11) is -0.448. The van der Waals surface area contributed by atoms with E-state index < -0.39 is 23.7 Å². The second-order valence-electron chi connectivity index (χ2n) is 13.4. The van der Waals surface area contributed by atoms with Gasteiger partial charge in [-0.25, -0.2) is 0 Å². The predicted octanol–water partition coefficient (Wildman–Crippen LogP) is 9.08. The fraction of sp³-hybridized carbons (Fsp3) is 0.167. The first-order valence-electron chi connectivity index (χ1n) is 16.1. The Balaban J connectivity index is 1.33. The minimum Gasteiger partial charge on any atom is -0.399 e. The molecule has 3 nitrogen and oxygen atoms in total. The molecule has 0 atom stereocenters. The fourth-order valence-corrected chi connectivity index (χ4v) is 7.18. The molecule has 0 spiro atoms. The van der Waals surface area contributed by atoms with E-state index in [1.165, 1.54) is 44.5 Å². The largest absolute Gasteiger partial charge is 0.494 e. The predicted molar refractivity (Wildman–Crippen MR) is 188 cm³/mol. The zero-order chi connectivity index (χ0) is 31.5. The fourth-order valence-electron chi connectivity index (χ4n) is 7.18. The van der Waals surface area contributed by atoms with Gasteiger partial charge in [-0.15, -0.1) is 0 Å². The number of hydrogen-bond donors (Lipinski definition) is 0. The lowest BCUT2D eigenvalue weighted by Gasteiger charge is -2.34. The van der Waals surface area contributed by atoms with Crippen LogP contribution in [-0.4, -0.2) is 23.3 Å². The highest BCUT2D eigenvalue weighted by Gasteiger charge is 2.53. The molecule has 0 bridgehead atoms. The summed E-state index contributed by atoms with van der Waals surface area (Å²) in [4.78, 5) is 4.54. The Morgan fingerprint density at radius 2 is 1.02 bits per heavy atom. The lowest BCUT2D eigenvalue weighted by atomic mass is 9.66. The van der Waals surface area contributed by atoms with E-state index in [1.807, 2.05) is 24.4 Å². The van der Waals surface area contributed by atoms with Crippen LogP contribution in [-0.2, 0) is 14.7 Å². The Morgan fingerprint density at radius 1 is 0.500 bits per heavy atom. The minimum atomic E-state index is -0.531. The van der Waals surface area contributed by atoms with E-state index in [1.54, 1.807) is 0 Å². The van der Waals surface area contributed by atoms with E-state index in [-0.39, 0.29) is 0 Å². The topological polar surface area (TPSA) is 31.4 Å². The van der Waals surface area contributed by atoms with Crippen LogP contribution in [0, 0.1) is 0 Å². The molecule has 0 N–H and O–H groups in total. The van der Waals surface area contributed by atoms with E-state index in [2.05, 4.69) is 154 Å². The SMILES string of the molecule is CC1(C)OB(c2ccc3c(c2)C(c2ccccc2)(c2ccccc2)c2cc(-c4ccc(-c5ccccn5)cc4)ccc2-3)OC1(C)C. The maximum atomic E-state index is 6.56. The van der Waals surface area contributed by atoms with Crippen molar-refractivity contribution in [1.82, 2.24) is 4.98 Å². The highest BCUT2D eigenvalue weighted by molar-refractivity contribution is 6.62. The summed E-state index contributed by atoms with van der Waals surface area (Å²) in [5.74, 6) is 0. The molecule has 1 aliphatic heterocycles. The van der Waals surface area contributed by atoms with Crippen molar-refractivity contribution >= 4 is 12.6 Å². The zero-order valence-corrected chi connectivity index (χ0v) is 26.7. The van der Waals surface area contributed by atoms with Crippen LogP contribution in [0.15, 0.2) is 146 Å². The average molecular weight is 598 g/mol. The minimum absolute atomic E-state index is 0.420. The second kappa shape index (κ2) is 10.7. The summed E-state index contributed by atoms with van der Waals surface area (Å²) in [6.07, 6.45) is 1.84. The van der Waals surface area contributed by atoms with Gasteiger partial charge in [0.05, 0.1) is 22.3 Å². The number of rotatable bonds is 5. The van der Waals surface area contributed by atoms with E-state index >= 15 is 0 Å². The Labute approximate surface area is 272 Å². The molecule has 0 radical (unpaired) electrons. The number of nitrogens with zero attached hydrogens (tertiary/aromatic N) is 1. The van der Waals surface area contributed by atoms with Crippen molar-refractivity contribution in [3.63, 3.8) is 0 Å². The average Bonchev–Trinajstić information content (AvgIpc) is 3.51. The van der Waals surface area contributed by atoms with Crippen LogP contribution in [0.25, 0.3) is 33.5 Å². The summed E-state index contributed by atoms with van der Waals surface area (Å²) >= 11 is 0. The summed E-state index contributed by atoms with van der Waals surface area (Å²) in [5.41, 5.74) is 11.6. The molecule has 0 saturated carbocycles.